The van der Waals surface area contributed by atoms with Crippen molar-refractivity contribution in [2.75, 3.05) is 7.05 Å². The lowest BCUT2D eigenvalue weighted by Gasteiger charge is -2.12. The molecule has 0 aliphatic rings. The van der Waals surface area contributed by atoms with Crippen LogP contribution in [0.1, 0.15) is 25.5 Å². The molecular formula is C11H15FN2. The second-order valence-electron chi connectivity index (χ2n) is 3.45. The van der Waals surface area contributed by atoms with E-state index in [-0.39, 0.29) is 11.9 Å². The van der Waals surface area contributed by atoms with Crippen molar-refractivity contribution >= 4 is 0 Å². The minimum Gasteiger partial charge on any atom is -0.310 e. The first-order chi connectivity index (χ1) is 6.63. The second-order valence-corrected chi connectivity index (χ2v) is 3.45. The highest BCUT2D eigenvalue weighted by Gasteiger charge is 2.06. The third-order valence-electron chi connectivity index (χ3n) is 1.90. The molecule has 0 aliphatic carbocycles. The normalized spacial score (nSPS) is 12.3. The van der Waals surface area contributed by atoms with Crippen LogP contribution in [0.5, 0.6) is 0 Å². The fourth-order valence-electron chi connectivity index (χ4n) is 1.28. The quantitative estimate of drug-likeness (QED) is 0.747. The van der Waals surface area contributed by atoms with Crippen molar-refractivity contribution < 1.29 is 4.39 Å². The van der Waals surface area contributed by atoms with Crippen LogP contribution < -0.4 is 5.32 Å². The summed E-state index contributed by atoms with van der Waals surface area (Å²) in [6.07, 6.45) is 4.92. The molecule has 1 aromatic heterocycles. The number of nitrogens with one attached hydrogen (secondary N) is 1. The highest BCUT2D eigenvalue weighted by molar-refractivity contribution is 5.21. The van der Waals surface area contributed by atoms with E-state index in [4.69, 9.17) is 0 Å². The van der Waals surface area contributed by atoms with E-state index in [1.165, 1.54) is 17.8 Å². The van der Waals surface area contributed by atoms with Crippen LogP contribution >= 0.6 is 0 Å². The molecule has 1 N–H and O–H groups in total. The summed E-state index contributed by atoms with van der Waals surface area (Å²) < 4.78 is 12.9. The molecule has 0 spiro atoms. The van der Waals surface area contributed by atoms with Gasteiger partial charge in [-0.1, -0.05) is 11.6 Å². The Morgan fingerprint density at radius 2 is 2.21 bits per heavy atom. The van der Waals surface area contributed by atoms with Gasteiger partial charge in [0.15, 0.2) is 0 Å². The summed E-state index contributed by atoms with van der Waals surface area (Å²) in [4.78, 5) is 3.82. The van der Waals surface area contributed by atoms with Crippen LogP contribution in [0.4, 0.5) is 4.39 Å². The lowest BCUT2D eigenvalue weighted by Crippen LogP contribution is -2.14. The van der Waals surface area contributed by atoms with Crippen molar-refractivity contribution in [1.29, 1.82) is 0 Å². The molecule has 0 radical (unpaired) electrons. The number of hydrogen-bond donors (Lipinski definition) is 1. The molecule has 0 saturated heterocycles. The molecule has 1 aromatic rings. The second kappa shape index (κ2) is 4.86. The maximum atomic E-state index is 12.9. The number of halogens is 1. The van der Waals surface area contributed by atoms with Gasteiger partial charge in [0.1, 0.15) is 5.82 Å². The molecule has 1 rings (SSSR count). The Kier molecular flexibility index (Phi) is 3.77. The molecule has 0 saturated carbocycles. The molecule has 1 heterocycles. The largest absolute Gasteiger partial charge is 0.310 e. The number of allylic oxidation sites excluding steroid dienone is 1. The Balaban J connectivity index is 2.95. The monoisotopic (exact) mass is 194 g/mol. The van der Waals surface area contributed by atoms with E-state index in [1.807, 2.05) is 27.0 Å². The topological polar surface area (TPSA) is 24.9 Å². The highest BCUT2D eigenvalue weighted by Crippen LogP contribution is 2.15. The fourth-order valence-corrected chi connectivity index (χ4v) is 1.28. The molecule has 0 amide bonds. The first-order valence-corrected chi connectivity index (χ1v) is 4.56. The summed E-state index contributed by atoms with van der Waals surface area (Å²) >= 11 is 0. The van der Waals surface area contributed by atoms with E-state index >= 15 is 0 Å². The molecule has 0 aromatic carbocycles. The maximum Gasteiger partial charge on any atom is 0.141 e. The average molecular weight is 194 g/mol. The Morgan fingerprint density at radius 3 is 2.71 bits per heavy atom. The van der Waals surface area contributed by atoms with Crippen LogP contribution in [0.25, 0.3) is 0 Å². The SMILES string of the molecule is CNC(C=C(C)C)c1cncc(F)c1. The predicted molar refractivity (Wildman–Crippen MR) is 55.4 cm³/mol. The van der Waals surface area contributed by atoms with E-state index in [2.05, 4.69) is 10.3 Å². The number of pyridine rings is 1. The minimum absolute atomic E-state index is 0.0307. The summed E-state index contributed by atoms with van der Waals surface area (Å²) in [5.74, 6) is -0.301. The first-order valence-electron chi connectivity index (χ1n) is 4.56. The van der Waals surface area contributed by atoms with Crippen LogP contribution in [0, 0.1) is 5.82 Å². The van der Waals surface area contributed by atoms with E-state index in [9.17, 15) is 4.39 Å². The zero-order valence-electron chi connectivity index (χ0n) is 8.71. The van der Waals surface area contributed by atoms with E-state index in [0.29, 0.717) is 0 Å². The lowest BCUT2D eigenvalue weighted by molar-refractivity contribution is 0.610. The summed E-state index contributed by atoms with van der Waals surface area (Å²) in [6.45, 7) is 4.02. The molecule has 3 heteroatoms. The number of hydrogen-bond acceptors (Lipinski definition) is 2. The van der Waals surface area contributed by atoms with Crippen molar-refractivity contribution in [3.05, 3.63) is 41.5 Å². The van der Waals surface area contributed by atoms with Crippen LogP contribution in [0.2, 0.25) is 0 Å². The maximum absolute atomic E-state index is 12.9. The van der Waals surface area contributed by atoms with Gasteiger partial charge in [0.05, 0.1) is 12.2 Å². The lowest BCUT2D eigenvalue weighted by atomic mass is 10.1. The smallest absolute Gasteiger partial charge is 0.141 e. The van der Waals surface area contributed by atoms with Gasteiger partial charge in [-0.15, -0.1) is 0 Å². The predicted octanol–water partition coefficient (Wildman–Crippen LogP) is 2.45. The van der Waals surface area contributed by atoms with Gasteiger partial charge in [0, 0.05) is 6.20 Å². The molecule has 2 nitrogen and oxygen atoms in total. The summed E-state index contributed by atoms with van der Waals surface area (Å²) in [6, 6.07) is 1.52. The fraction of sp³-hybridized carbons (Fsp3) is 0.364. The average Bonchev–Trinajstić information content (AvgIpc) is 2.14. The number of aromatic nitrogens is 1. The molecular weight excluding hydrogens is 179 g/mol. The van der Waals surface area contributed by atoms with Gasteiger partial charge in [0.25, 0.3) is 0 Å². The number of likely N-dealkylation sites (N-methyl/N-ethyl adjacent to an activating group) is 1. The van der Waals surface area contributed by atoms with E-state index in [0.717, 1.165) is 5.56 Å². The van der Waals surface area contributed by atoms with Crippen LogP contribution in [0.3, 0.4) is 0 Å². The van der Waals surface area contributed by atoms with Crippen molar-refractivity contribution in [3.8, 4) is 0 Å². The molecule has 1 atom stereocenters. The first kappa shape index (κ1) is 10.9. The standard InChI is InChI=1S/C11H15FN2/c1-8(2)4-11(13-3)9-5-10(12)7-14-6-9/h4-7,11,13H,1-3H3. The Hall–Kier alpha value is -1.22. The number of rotatable bonds is 3. The van der Waals surface area contributed by atoms with E-state index < -0.39 is 0 Å². The van der Waals surface area contributed by atoms with Gasteiger partial charge >= 0.3 is 0 Å². The van der Waals surface area contributed by atoms with E-state index in [1.54, 1.807) is 6.20 Å². The molecule has 0 fully saturated rings. The van der Waals surface area contributed by atoms with Crippen molar-refractivity contribution in [2.45, 2.75) is 19.9 Å². The molecule has 14 heavy (non-hydrogen) atoms. The summed E-state index contributed by atoms with van der Waals surface area (Å²) in [5, 5.41) is 3.09. The van der Waals surface area contributed by atoms with Crippen LogP contribution in [-0.4, -0.2) is 12.0 Å². The van der Waals surface area contributed by atoms with Gasteiger partial charge in [-0.3, -0.25) is 4.98 Å². The summed E-state index contributed by atoms with van der Waals surface area (Å²) in [5.41, 5.74) is 2.03. The van der Waals surface area contributed by atoms with Gasteiger partial charge < -0.3 is 5.32 Å². The Bertz CT molecular complexity index is 330. The Labute approximate surface area is 83.9 Å². The van der Waals surface area contributed by atoms with Crippen molar-refractivity contribution in [1.82, 2.24) is 10.3 Å². The molecule has 1 unspecified atom stereocenters. The third kappa shape index (κ3) is 2.92. The summed E-state index contributed by atoms with van der Waals surface area (Å²) in [7, 11) is 1.84. The van der Waals surface area contributed by atoms with Crippen LogP contribution in [0.15, 0.2) is 30.1 Å². The highest BCUT2D eigenvalue weighted by atomic mass is 19.1. The third-order valence-corrected chi connectivity index (χ3v) is 1.90. The number of nitrogens with zero attached hydrogens (tertiary/aromatic N) is 1. The molecule has 0 bridgehead atoms. The molecule has 0 aliphatic heterocycles. The van der Waals surface area contributed by atoms with Gasteiger partial charge in [0.2, 0.25) is 0 Å². The van der Waals surface area contributed by atoms with Gasteiger partial charge in [-0.2, -0.15) is 0 Å². The minimum atomic E-state index is -0.301. The molecule has 76 valence electrons. The van der Waals surface area contributed by atoms with Gasteiger partial charge in [-0.05, 0) is 32.5 Å². The van der Waals surface area contributed by atoms with Crippen molar-refractivity contribution in [3.63, 3.8) is 0 Å². The van der Waals surface area contributed by atoms with Gasteiger partial charge in [-0.25, -0.2) is 4.39 Å². The van der Waals surface area contributed by atoms with Crippen LogP contribution in [-0.2, 0) is 0 Å². The zero-order valence-corrected chi connectivity index (χ0v) is 8.71. The Morgan fingerprint density at radius 1 is 1.50 bits per heavy atom. The van der Waals surface area contributed by atoms with Crippen molar-refractivity contribution in [2.24, 2.45) is 0 Å². The zero-order chi connectivity index (χ0) is 10.6.